The molecule has 8 heteroatoms. The van der Waals surface area contributed by atoms with Gasteiger partial charge in [-0.2, -0.15) is 0 Å². The Morgan fingerprint density at radius 1 is 1.03 bits per heavy atom. The molecule has 0 spiro atoms. The Labute approximate surface area is 185 Å². The summed E-state index contributed by atoms with van der Waals surface area (Å²) in [7, 11) is 2.53. The van der Waals surface area contributed by atoms with Crippen LogP contribution in [0.5, 0.6) is 11.5 Å². The second-order valence-electron chi connectivity index (χ2n) is 6.61. The minimum Gasteiger partial charge on any atom is -0.503 e. The van der Waals surface area contributed by atoms with Crippen molar-refractivity contribution in [1.82, 2.24) is 0 Å². The van der Waals surface area contributed by atoms with Crippen LogP contribution in [0.2, 0.25) is 5.02 Å². The van der Waals surface area contributed by atoms with Crippen molar-refractivity contribution in [3.05, 3.63) is 76.6 Å². The number of phenols is 1. The van der Waals surface area contributed by atoms with Crippen LogP contribution in [0, 0.1) is 0 Å². The molecule has 0 saturated carbocycles. The van der Waals surface area contributed by atoms with Crippen molar-refractivity contribution in [2.24, 2.45) is 0 Å². The third kappa shape index (κ3) is 4.51. The average Bonchev–Trinajstić information content (AvgIpc) is 2.80. The highest BCUT2D eigenvalue weighted by Crippen LogP contribution is 2.43. The first kappa shape index (κ1) is 22.2. The Balaban J connectivity index is 2.22. The van der Waals surface area contributed by atoms with Crippen molar-refractivity contribution in [1.29, 1.82) is 0 Å². The third-order valence-electron chi connectivity index (χ3n) is 4.76. The molecule has 2 aromatic rings. The third-order valence-corrected chi connectivity index (χ3v) is 5.05. The molecule has 2 aromatic carbocycles. The average molecular weight is 444 g/mol. The first-order valence-corrected chi connectivity index (χ1v) is 9.87. The van der Waals surface area contributed by atoms with Gasteiger partial charge >= 0.3 is 11.9 Å². The highest BCUT2D eigenvalue weighted by molar-refractivity contribution is 6.32. The van der Waals surface area contributed by atoms with Crippen molar-refractivity contribution in [3.63, 3.8) is 0 Å². The standard InChI is InChI=1S/C23H22ClNO6/c1-4-31-19-11-14(10-18(24)21(19)26)20-16(22(27)29-2)12-25(13-17(20)23(28)30-3)15-8-6-5-7-9-15/h5-13,20,26H,4H2,1-3H3. The summed E-state index contributed by atoms with van der Waals surface area (Å²) in [5.41, 5.74) is 1.59. The topological polar surface area (TPSA) is 85.3 Å². The number of carbonyl (C=O) groups excluding carboxylic acids is 2. The lowest BCUT2D eigenvalue weighted by Gasteiger charge is -2.30. The molecule has 1 aliphatic heterocycles. The highest BCUT2D eigenvalue weighted by atomic mass is 35.5. The van der Waals surface area contributed by atoms with Crippen LogP contribution in [0.25, 0.3) is 0 Å². The van der Waals surface area contributed by atoms with Crippen LogP contribution < -0.4 is 9.64 Å². The summed E-state index contributed by atoms with van der Waals surface area (Å²) in [5, 5.41) is 10.2. The molecule has 0 atom stereocenters. The van der Waals surface area contributed by atoms with Crippen LogP contribution in [0.4, 0.5) is 5.69 Å². The zero-order valence-electron chi connectivity index (χ0n) is 17.3. The normalized spacial score (nSPS) is 13.9. The van der Waals surface area contributed by atoms with Gasteiger partial charge in [-0.3, -0.25) is 0 Å². The quantitative estimate of drug-likeness (QED) is 0.671. The number of rotatable bonds is 6. The predicted octanol–water partition coefficient (Wildman–Crippen LogP) is 4.16. The van der Waals surface area contributed by atoms with Crippen molar-refractivity contribution in [3.8, 4) is 11.5 Å². The maximum absolute atomic E-state index is 12.7. The molecular weight excluding hydrogens is 422 g/mol. The summed E-state index contributed by atoms with van der Waals surface area (Å²) >= 11 is 6.21. The molecule has 0 amide bonds. The monoisotopic (exact) mass is 443 g/mol. The Kier molecular flexibility index (Phi) is 6.87. The summed E-state index contributed by atoms with van der Waals surface area (Å²) in [4.78, 5) is 27.1. The second kappa shape index (κ2) is 9.57. The van der Waals surface area contributed by atoms with Crippen LogP contribution in [0.3, 0.4) is 0 Å². The van der Waals surface area contributed by atoms with Crippen LogP contribution in [-0.4, -0.2) is 37.9 Å². The zero-order chi connectivity index (χ0) is 22.5. The molecule has 0 fully saturated rings. The van der Waals surface area contributed by atoms with Crippen LogP contribution in [0.1, 0.15) is 18.4 Å². The van der Waals surface area contributed by atoms with Gasteiger partial charge in [0.1, 0.15) is 0 Å². The van der Waals surface area contributed by atoms with Gasteiger partial charge in [0.05, 0.1) is 42.9 Å². The van der Waals surface area contributed by atoms with E-state index in [1.807, 2.05) is 30.3 Å². The van der Waals surface area contributed by atoms with Gasteiger partial charge in [-0.1, -0.05) is 29.8 Å². The molecular formula is C23H22ClNO6. The lowest BCUT2D eigenvalue weighted by molar-refractivity contribution is -0.137. The van der Waals surface area contributed by atoms with Gasteiger partial charge in [-0.15, -0.1) is 0 Å². The Hall–Kier alpha value is -3.45. The van der Waals surface area contributed by atoms with Crippen molar-refractivity contribution in [2.75, 3.05) is 25.7 Å². The van der Waals surface area contributed by atoms with E-state index in [9.17, 15) is 14.7 Å². The number of anilines is 1. The lowest BCUT2D eigenvalue weighted by atomic mass is 9.83. The first-order chi connectivity index (χ1) is 14.9. The molecule has 1 aliphatic rings. The van der Waals surface area contributed by atoms with Crippen molar-refractivity contribution >= 4 is 29.2 Å². The van der Waals surface area contributed by atoms with E-state index in [2.05, 4.69) is 0 Å². The molecule has 0 bridgehead atoms. The van der Waals surface area contributed by atoms with Crippen LogP contribution in [0.15, 0.2) is 66.0 Å². The number of hydrogen-bond donors (Lipinski definition) is 1. The van der Waals surface area contributed by atoms with Crippen molar-refractivity contribution < 1.29 is 28.9 Å². The SMILES string of the molecule is CCOc1cc(C2C(C(=O)OC)=CN(c3ccccc3)C=C2C(=O)OC)cc(Cl)c1O. The van der Waals surface area contributed by atoms with E-state index in [-0.39, 0.29) is 27.7 Å². The van der Waals surface area contributed by atoms with E-state index < -0.39 is 17.9 Å². The van der Waals surface area contributed by atoms with E-state index >= 15 is 0 Å². The van der Waals surface area contributed by atoms with Crippen LogP contribution >= 0.6 is 11.6 Å². The summed E-state index contributed by atoms with van der Waals surface area (Å²) in [5.74, 6) is -2.17. The number of esters is 2. The van der Waals surface area contributed by atoms with Gasteiger partial charge < -0.3 is 24.2 Å². The minimum atomic E-state index is -0.850. The van der Waals surface area contributed by atoms with Crippen molar-refractivity contribution in [2.45, 2.75) is 12.8 Å². The number of carbonyl (C=O) groups is 2. The van der Waals surface area contributed by atoms with Gasteiger partial charge in [0.25, 0.3) is 0 Å². The van der Waals surface area contributed by atoms with E-state index in [1.54, 1.807) is 30.3 Å². The van der Waals surface area contributed by atoms with E-state index in [1.165, 1.54) is 20.3 Å². The summed E-state index contributed by atoms with van der Waals surface area (Å²) < 4.78 is 15.5. The summed E-state index contributed by atoms with van der Waals surface area (Å²) in [6.45, 7) is 2.05. The molecule has 31 heavy (non-hydrogen) atoms. The Morgan fingerprint density at radius 2 is 1.61 bits per heavy atom. The predicted molar refractivity (Wildman–Crippen MR) is 116 cm³/mol. The maximum Gasteiger partial charge on any atom is 0.336 e. The Morgan fingerprint density at radius 3 is 2.13 bits per heavy atom. The Bertz CT molecular complexity index is 1010. The van der Waals surface area contributed by atoms with E-state index in [0.29, 0.717) is 12.2 Å². The fourth-order valence-electron chi connectivity index (χ4n) is 3.36. The molecule has 7 nitrogen and oxygen atoms in total. The van der Waals surface area contributed by atoms with Gasteiger partial charge in [-0.05, 0) is 36.8 Å². The number of hydrogen-bond acceptors (Lipinski definition) is 7. The molecule has 0 aliphatic carbocycles. The number of nitrogens with zero attached hydrogens (tertiary/aromatic N) is 1. The second-order valence-corrected chi connectivity index (χ2v) is 7.02. The molecule has 3 rings (SSSR count). The number of methoxy groups -OCH3 is 2. The fraction of sp³-hybridized carbons (Fsp3) is 0.217. The van der Waals surface area contributed by atoms with Crippen LogP contribution in [-0.2, 0) is 19.1 Å². The number of para-hydroxylation sites is 1. The molecule has 0 aromatic heterocycles. The van der Waals surface area contributed by atoms with Gasteiger partial charge in [0.15, 0.2) is 11.5 Å². The molecule has 0 unspecified atom stereocenters. The summed E-state index contributed by atoms with van der Waals surface area (Å²) in [6.07, 6.45) is 3.19. The smallest absolute Gasteiger partial charge is 0.336 e. The summed E-state index contributed by atoms with van der Waals surface area (Å²) in [6, 6.07) is 12.2. The van der Waals surface area contributed by atoms with E-state index in [0.717, 1.165) is 5.69 Å². The largest absolute Gasteiger partial charge is 0.503 e. The van der Waals surface area contributed by atoms with E-state index in [4.69, 9.17) is 25.8 Å². The number of phenolic OH excluding ortho intramolecular Hbond substituents is 1. The number of benzene rings is 2. The first-order valence-electron chi connectivity index (χ1n) is 9.49. The van der Waals surface area contributed by atoms with Gasteiger partial charge in [0.2, 0.25) is 0 Å². The fourth-order valence-corrected chi connectivity index (χ4v) is 3.58. The zero-order valence-corrected chi connectivity index (χ0v) is 18.1. The highest BCUT2D eigenvalue weighted by Gasteiger charge is 2.36. The minimum absolute atomic E-state index is 0.0277. The maximum atomic E-state index is 12.7. The molecule has 0 radical (unpaired) electrons. The van der Waals surface area contributed by atoms with Gasteiger partial charge in [-0.25, -0.2) is 9.59 Å². The molecule has 0 saturated heterocycles. The van der Waals surface area contributed by atoms with Gasteiger partial charge in [0, 0.05) is 18.1 Å². The number of ether oxygens (including phenoxy) is 3. The molecule has 162 valence electrons. The molecule has 1 heterocycles. The number of halogens is 1. The molecule has 1 N–H and O–H groups in total. The lowest BCUT2D eigenvalue weighted by Crippen LogP contribution is -2.28. The number of aromatic hydroxyl groups is 1.